The molecule has 2 N–H and O–H groups in total. The lowest BCUT2D eigenvalue weighted by molar-refractivity contribution is -0.235. The van der Waals surface area contributed by atoms with Gasteiger partial charge >= 0.3 is 0 Å². The van der Waals surface area contributed by atoms with Gasteiger partial charge in [0, 0.05) is 18.8 Å². The number of ether oxygens (including phenoxy) is 2. The lowest BCUT2D eigenvalue weighted by atomic mass is 10.1. The maximum atomic E-state index is 13.2. The van der Waals surface area contributed by atoms with E-state index in [0.717, 1.165) is 0 Å². The highest BCUT2D eigenvalue weighted by Crippen LogP contribution is 2.26. The topological polar surface area (TPSA) is 44.5 Å². The van der Waals surface area contributed by atoms with Gasteiger partial charge < -0.3 is 15.2 Å². The fourth-order valence-electron chi connectivity index (χ4n) is 1.64. The van der Waals surface area contributed by atoms with Crippen molar-refractivity contribution in [2.24, 2.45) is 5.73 Å². The highest BCUT2D eigenvalue weighted by Gasteiger charge is 2.32. The van der Waals surface area contributed by atoms with Crippen molar-refractivity contribution >= 4 is 0 Å². The van der Waals surface area contributed by atoms with Crippen LogP contribution < -0.4 is 5.73 Å². The predicted molar refractivity (Wildman–Crippen MR) is 60.4 cm³/mol. The van der Waals surface area contributed by atoms with E-state index in [4.69, 9.17) is 15.2 Å². The second-order valence-corrected chi connectivity index (χ2v) is 3.33. The molecule has 0 aromatic heterocycles. The van der Waals surface area contributed by atoms with E-state index < -0.39 is 5.79 Å². The van der Waals surface area contributed by atoms with E-state index in [1.807, 2.05) is 13.8 Å². The Morgan fingerprint density at radius 3 is 2.31 bits per heavy atom. The van der Waals surface area contributed by atoms with Crippen LogP contribution in [0, 0.1) is 5.82 Å². The molecule has 0 radical (unpaired) electrons. The first-order chi connectivity index (χ1) is 7.68. The normalized spacial score (nSPS) is 11.8. The van der Waals surface area contributed by atoms with Crippen LogP contribution >= 0.6 is 0 Å². The highest BCUT2D eigenvalue weighted by molar-refractivity contribution is 5.22. The predicted octanol–water partition coefficient (Wildman–Crippen LogP) is 2.01. The van der Waals surface area contributed by atoms with Crippen molar-refractivity contribution < 1.29 is 13.9 Å². The van der Waals surface area contributed by atoms with Gasteiger partial charge in [0.05, 0.1) is 6.54 Å². The third kappa shape index (κ3) is 2.78. The average Bonchev–Trinajstić information content (AvgIpc) is 2.28. The summed E-state index contributed by atoms with van der Waals surface area (Å²) in [5.41, 5.74) is 6.30. The van der Waals surface area contributed by atoms with Crippen LogP contribution in [0.15, 0.2) is 24.3 Å². The van der Waals surface area contributed by atoms with Crippen LogP contribution in [0.1, 0.15) is 19.4 Å². The van der Waals surface area contributed by atoms with Gasteiger partial charge in [-0.3, -0.25) is 0 Å². The standard InChI is InChI=1S/C12H18FNO2/c1-3-15-12(9-14,16-4-2)10-6-5-7-11(13)8-10/h5-8H,3-4,9,14H2,1-2H3. The molecule has 3 nitrogen and oxygen atoms in total. The van der Waals surface area contributed by atoms with E-state index in [1.165, 1.54) is 12.1 Å². The minimum Gasteiger partial charge on any atom is -0.345 e. The molecule has 0 aliphatic rings. The third-order valence-corrected chi connectivity index (χ3v) is 2.29. The molecule has 1 aromatic carbocycles. The van der Waals surface area contributed by atoms with Gasteiger partial charge in [-0.2, -0.15) is 0 Å². The molecule has 1 aromatic rings. The summed E-state index contributed by atoms with van der Waals surface area (Å²) in [5.74, 6) is -1.36. The van der Waals surface area contributed by atoms with E-state index in [-0.39, 0.29) is 12.4 Å². The zero-order valence-electron chi connectivity index (χ0n) is 9.70. The summed E-state index contributed by atoms with van der Waals surface area (Å²) in [6, 6.07) is 6.13. The quantitative estimate of drug-likeness (QED) is 0.756. The Kier molecular flexibility index (Phi) is 4.86. The summed E-state index contributed by atoms with van der Waals surface area (Å²) >= 11 is 0. The van der Waals surface area contributed by atoms with Crippen LogP contribution in [0.25, 0.3) is 0 Å². The molecule has 0 fully saturated rings. The molecular weight excluding hydrogens is 209 g/mol. The van der Waals surface area contributed by atoms with Crippen molar-refractivity contribution in [2.75, 3.05) is 19.8 Å². The van der Waals surface area contributed by atoms with Gasteiger partial charge in [0.25, 0.3) is 0 Å². The summed E-state index contributed by atoms with van der Waals surface area (Å²) < 4.78 is 24.3. The van der Waals surface area contributed by atoms with Crippen molar-refractivity contribution in [3.8, 4) is 0 Å². The molecule has 0 amide bonds. The summed E-state index contributed by atoms with van der Waals surface area (Å²) in [6.45, 7) is 4.75. The SMILES string of the molecule is CCOC(CN)(OCC)c1cccc(F)c1. The zero-order valence-corrected chi connectivity index (χ0v) is 9.70. The number of halogens is 1. The van der Waals surface area contributed by atoms with Crippen LogP contribution in [0.4, 0.5) is 4.39 Å². The van der Waals surface area contributed by atoms with Crippen LogP contribution in [-0.4, -0.2) is 19.8 Å². The van der Waals surface area contributed by atoms with Gasteiger partial charge in [-0.15, -0.1) is 0 Å². The van der Waals surface area contributed by atoms with Gasteiger partial charge in [0.2, 0.25) is 5.79 Å². The molecule has 0 heterocycles. The average molecular weight is 227 g/mol. The molecule has 0 bridgehead atoms. The Bertz CT molecular complexity index is 325. The minimum atomic E-state index is -1.04. The third-order valence-electron chi connectivity index (χ3n) is 2.29. The van der Waals surface area contributed by atoms with Crippen LogP contribution in [-0.2, 0) is 15.3 Å². The Labute approximate surface area is 95.4 Å². The molecule has 4 heteroatoms. The van der Waals surface area contributed by atoms with Crippen molar-refractivity contribution in [2.45, 2.75) is 19.6 Å². The van der Waals surface area contributed by atoms with Gasteiger partial charge in [-0.05, 0) is 26.0 Å². The molecule has 0 aliphatic carbocycles. The van der Waals surface area contributed by atoms with Crippen molar-refractivity contribution in [3.05, 3.63) is 35.6 Å². The summed E-state index contributed by atoms with van der Waals surface area (Å²) in [7, 11) is 0. The first-order valence-electron chi connectivity index (χ1n) is 5.42. The van der Waals surface area contributed by atoms with Crippen molar-refractivity contribution in [1.82, 2.24) is 0 Å². The number of rotatable bonds is 6. The lowest BCUT2D eigenvalue weighted by Gasteiger charge is -2.32. The molecule has 0 aliphatic heterocycles. The molecule has 0 atom stereocenters. The number of hydrogen-bond donors (Lipinski definition) is 1. The van der Waals surface area contributed by atoms with Crippen LogP contribution in [0.3, 0.4) is 0 Å². The van der Waals surface area contributed by atoms with Gasteiger partial charge in [-0.1, -0.05) is 12.1 Å². The Hall–Kier alpha value is -0.970. The number of hydrogen-bond acceptors (Lipinski definition) is 3. The second-order valence-electron chi connectivity index (χ2n) is 3.33. The Balaban J connectivity index is 3.07. The van der Waals surface area contributed by atoms with E-state index >= 15 is 0 Å². The van der Waals surface area contributed by atoms with E-state index in [9.17, 15) is 4.39 Å². The monoisotopic (exact) mass is 227 g/mol. The molecule has 0 spiro atoms. The van der Waals surface area contributed by atoms with Crippen molar-refractivity contribution in [1.29, 1.82) is 0 Å². The zero-order chi connectivity index (χ0) is 12.0. The summed E-state index contributed by atoms with van der Waals surface area (Å²) in [6.07, 6.45) is 0. The largest absolute Gasteiger partial charge is 0.345 e. The fraction of sp³-hybridized carbons (Fsp3) is 0.500. The first-order valence-corrected chi connectivity index (χ1v) is 5.42. The Morgan fingerprint density at radius 2 is 1.88 bits per heavy atom. The van der Waals surface area contributed by atoms with E-state index in [2.05, 4.69) is 0 Å². The maximum Gasteiger partial charge on any atom is 0.207 e. The number of benzene rings is 1. The molecule has 0 saturated heterocycles. The Morgan fingerprint density at radius 1 is 1.25 bits per heavy atom. The number of nitrogens with two attached hydrogens (primary N) is 1. The van der Waals surface area contributed by atoms with E-state index in [0.29, 0.717) is 18.8 Å². The fourth-order valence-corrected chi connectivity index (χ4v) is 1.64. The van der Waals surface area contributed by atoms with Gasteiger partial charge in [-0.25, -0.2) is 4.39 Å². The van der Waals surface area contributed by atoms with Crippen LogP contribution in [0.2, 0.25) is 0 Å². The molecule has 1 rings (SSSR count). The van der Waals surface area contributed by atoms with Gasteiger partial charge in [0.15, 0.2) is 0 Å². The molecular formula is C12H18FNO2. The minimum absolute atomic E-state index is 0.151. The van der Waals surface area contributed by atoms with Gasteiger partial charge in [0.1, 0.15) is 5.82 Å². The summed E-state index contributed by atoms with van der Waals surface area (Å²) in [4.78, 5) is 0. The molecule has 16 heavy (non-hydrogen) atoms. The smallest absolute Gasteiger partial charge is 0.207 e. The molecule has 0 unspecified atom stereocenters. The molecule has 0 saturated carbocycles. The second kappa shape index (κ2) is 5.94. The lowest BCUT2D eigenvalue weighted by Crippen LogP contribution is -2.41. The maximum absolute atomic E-state index is 13.2. The van der Waals surface area contributed by atoms with Crippen molar-refractivity contribution in [3.63, 3.8) is 0 Å². The van der Waals surface area contributed by atoms with Crippen LogP contribution in [0.5, 0.6) is 0 Å². The summed E-state index contributed by atoms with van der Waals surface area (Å²) in [5, 5.41) is 0. The first kappa shape index (κ1) is 13.1. The highest BCUT2D eigenvalue weighted by atomic mass is 19.1. The molecule has 90 valence electrons. The van der Waals surface area contributed by atoms with E-state index in [1.54, 1.807) is 12.1 Å².